The van der Waals surface area contributed by atoms with Crippen molar-refractivity contribution in [1.29, 1.82) is 0 Å². The fourth-order valence-corrected chi connectivity index (χ4v) is 6.97. The molecule has 3 aliphatic rings. The standard InChI is InChI=1S/C35H44N8O5/c1-3-26(2)43-34(45)41(25-38-43)30-9-7-28(8-10-30)39-17-19-40(20-18-39)29-11-13-32(14-12-29)46-22-33-23-47-35(48-33,24-42-36-15-16-37-42)27-5-4-6-31(44)21-27/h7-16,25-27,33H,3-6,17-24H2,1-2H3. The Morgan fingerprint density at radius 1 is 0.917 bits per heavy atom. The lowest BCUT2D eigenvalue weighted by atomic mass is 9.82. The number of carbonyl (C=O) groups excluding carboxylic acids is 1. The maximum Gasteiger partial charge on any atom is 0.350 e. The third-order valence-corrected chi connectivity index (χ3v) is 9.92. The molecule has 0 amide bonds. The monoisotopic (exact) mass is 656 g/mol. The Morgan fingerprint density at radius 3 is 2.21 bits per heavy atom. The average Bonchev–Trinajstić information content (AvgIpc) is 3.89. The molecule has 2 aromatic heterocycles. The Morgan fingerprint density at radius 2 is 1.56 bits per heavy atom. The van der Waals surface area contributed by atoms with Crippen LogP contribution in [0.3, 0.4) is 0 Å². The summed E-state index contributed by atoms with van der Waals surface area (Å²) in [6, 6.07) is 16.4. The molecule has 2 aromatic carbocycles. The molecule has 4 aromatic rings. The number of ketones is 1. The van der Waals surface area contributed by atoms with Gasteiger partial charge in [-0.1, -0.05) is 6.92 Å². The van der Waals surface area contributed by atoms with Crippen LogP contribution < -0.4 is 20.2 Å². The first-order valence-corrected chi connectivity index (χ1v) is 17.1. The van der Waals surface area contributed by atoms with Crippen molar-refractivity contribution in [2.45, 2.75) is 70.4 Å². The summed E-state index contributed by atoms with van der Waals surface area (Å²) >= 11 is 0. The molecule has 48 heavy (non-hydrogen) atoms. The van der Waals surface area contributed by atoms with E-state index in [2.05, 4.69) is 49.4 Å². The Labute approximate surface area is 280 Å². The number of piperazine rings is 1. The number of hydrogen-bond donors (Lipinski definition) is 0. The number of nitrogens with zero attached hydrogens (tertiary/aromatic N) is 8. The Balaban J connectivity index is 0.907. The second kappa shape index (κ2) is 13.9. The van der Waals surface area contributed by atoms with Crippen molar-refractivity contribution in [3.63, 3.8) is 0 Å². The van der Waals surface area contributed by atoms with Gasteiger partial charge in [-0.3, -0.25) is 4.79 Å². The second-order valence-corrected chi connectivity index (χ2v) is 13.0. The van der Waals surface area contributed by atoms with Crippen LogP contribution >= 0.6 is 0 Å². The lowest BCUT2D eigenvalue weighted by Crippen LogP contribution is -2.46. The Hall–Kier alpha value is -4.49. The normalized spacial score (nSPS) is 23.8. The molecule has 254 valence electrons. The minimum Gasteiger partial charge on any atom is -0.491 e. The van der Waals surface area contributed by atoms with Crippen molar-refractivity contribution in [3.05, 3.63) is 77.7 Å². The van der Waals surface area contributed by atoms with Crippen LogP contribution in [-0.4, -0.2) is 86.4 Å². The van der Waals surface area contributed by atoms with Crippen LogP contribution in [-0.2, 0) is 20.8 Å². The van der Waals surface area contributed by atoms with Crippen molar-refractivity contribution in [2.24, 2.45) is 5.92 Å². The lowest BCUT2D eigenvalue weighted by Gasteiger charge is -2.37. The Bertz CT molecular complexity index is 1710. The molecule has 4 atom stereocenters. The largest absolute Gasteiger partial charge is 0.491 e. The van der Waals surface area contributed by atoms with E-state index in [9.17, 15) is 9.59 Å². The van der Waals surface area contributed by atoms with Gasteiger partial charge in [0.25, 0.3) is 0 Å². The molecule has 0 spiro atoms. The molecule has 1 aliphatic carbocycles. The second-order valence-electron chi connectivity index (χ2n) is 13.0. The van der Waals surface area contributed by atoms with Gasteiger partial charge in [0, 0.05) is 56.3 Å². The van der Waals surface area contributed by atoms with E-state index in [1.54, 1.807) is 32.8 Å². The van der Waals surface area contributed by atoms with E-state index in [1.165, 1.54) is 0 Å². The number of anilines is 2. The number of carbonyl (C=O) groups is 1. The zero-order chi connectivity index (χ0) is 33.1. The van der Waals surface area contributed by atoms with Gasteiger partial charge in [-0.05, 0) is 74.7 Å². The van der Waals surface area contributed by atoms with Gasteiger partial charge in [-0.25, -0.2) is 14.0 Å². The molecule has 13 heteroatoms. The summed E-state index contributed by atoms with van der Waals surface area (Å²) in [6.45, 7) is 8.71. The maximum absolute atomic E-state index is 12.8. The predicted molar refractivity (Wildman–Crippen MR) is 180 cm³/mol. The molecule has 2 saturated heterocycles. The third kappa shape index (κ3) is 6.74. The van der Waals surface area contributed by atoms with E-state index in [0.29, 0.717) is 32.6 Å². The summed E-state index contributed by atoms with van der Waals surface area (Å²) in [7, 11) is 0. The number of ether oxygens (including phenoxy) is 3. The quantitative estimate of drug-likeness (QED) is 0.235. The molecule has 0 radical (unpaired) electrons. The molecule has 4 unspecified atom stereocenters. The topological polar surface area (TPSA) is 122 Å². The van der Waals surface area contributed by atoms with Gasteiger partial charge in [0.05, 0.1) is 30.7 Å². The zero-order valence-electron chi connectivity index (χ0n) is 27.7. The van der Waals surface area contributed by atoms with Gasteiger partial charge in [-0.15, -0.1) is 0 Å². The highest BCUT2D eigenvalue weighted by Crippen LogP contribution is 2.40. The van der Waals surface area contributed by atoms with Gasteiger partial charge in [0.2, 0.25) is 0 Å². The summed E-state index contributed by atoms with van der Waals surface area (Å²) in [5.41, 5.74) is 3.00. The minimum atomic E-state index is -0.937. The molecular weight excluding hydrogens is 612 g/mol. The fourth-order valence-electron chi connectivity index (χ4n) is 6.97. The van der Waals surface area contributed by atoms with E-state index in [0.717, 1.165) is 68.3 Å². The summed E-state index contributed by atoms with van der Waals surface area (Å²) in [5.74, 6) is 0.0510. The Kier molecular flexibility index (Phi) is 9.31. The molecule has 13 nitrogen and oxygen atoms in total. The first-order valence-electron chi connectivity index (χ1n) is 17.1. The molecule has 7 rings (SSSR count). The van der Waals surface area contributed by atoms with E-state index in [-0.39, 0.29) is 29.5 Å². The zero-order valence-corrected chi connectivity index (χ0v) is 27.7. The van der Waals surface area contributed by atoms with Gasteiger partial charge in [0.15, 0.2) is 5.79 Å². The van der Waals surface area contributed by atoms with Gasteiger partial charge < -0.3 is 24.0 Å². The highest BCUT2D eigenvalue weighted by Gasteiger charge is 2.50. The molecule has 3 fully saturated rings. The van der Waals surface area contributed by atoms with Crippen molar-refractivity contribution < 1.29 is 19.0 Å². The van der Waals surface area contributed by atoms with Crippen LogP contribution in [0.1, 0.15) is 52.0 Å². The number of rotatable bonds is 11. The van der Waals surface area contributed by atoms with Crippen molar-refractivity contribution >= 4 is 17.2 Å². The highest BCUT2D eigenvalue weighted by atomic mass is 16.8. The average molecular weight is 657 g/mol. The lowest BCUT2D eigenvalue weighted by molar-refractivity contribution is -0.223. The van der Waals surface area contributed by atoms with Crippen LogP contribution in [0.25, 0.3) is 5.69 Å². The van der Waals surface area contributed by atoms with Gasteiger partial charge in [-0.2, -0.15) is 20.1 Å². The summed E-state index contributed by atoms with van der Waals surface area (Å²) in [6.07, 6.45) is 8.25. The van der Waals surface area contributed by atoms with E-state index >= 15 is 0 Å². The fraction of sp³-hybridized carbons (Fsp3) is 0.514. The summed E-state index contributed by atoms with van der Waals surface area (Å²) < 4.78 is 22.1. The van der Waals surface area contributed by atoms with Gasteiger partial charge >= 0.3 is 5.69 Å². The number of Topliss-reactive ketones (excluding diaryl/α,β-unsaturated/α-hetero) is 1. The summed E-state index contributed by atoms with van der Waals surface area (Å²) in [5, 5.41) is 12.8. The smallest absolute Gasteiger partial charge is 0.350 e. The molecule has 0 bridgehead atoms. The first kappa shape index (κ1) is 32.1. The van der Waals surface area contributed by atoms with Crippen molar-refractivity contribution in [3.8, 4) is 11.4 Å². The van der Waals surface area contributed by atoms with Crippen LogP contribution in [0.4, 0.5) is 11.4 Å². The van der Waals surface area contributed by atoms with Crippen molar-refractivity contribution in [2.75, 3.05) is 49.2 Å². The predicted octanol–water partition coefficient (Wildman–Crippen LogP) is 3.87. The third-order valence-electron chi connectivity index (χ3n) is 9.92. The first-order chi connectivity index (χ1) is 23.4. The molecule has 0 N–H and O–H groups in total. The van der Waals surface area contributed by atoms with Gasteiger partial charge in [0.1, 0.15) is 37.1 Å². The number of hydrogen-bond acceptors (Lipinski definition) is 10. The SMILES string of the molecule is CCC(C)n1ncn(-c2ccc(N3CCN(c4ccc(OCC5COC(Cn6nccn6)(C6CCCC(=O)C6)O5)cc4)CC3)cc2)c1=O. The van der Waals surface area contributed by atoms with E-state index in [1.807, 2.05) is 38.1 Å². The minimum absolute atomic E-state index is 0.0368. The van der Waals surface area contributed by atoms with E-state index < -0.39 is 5.79 Å². The molecule has 4 heterocycles. The highest BCUT2D eigenvalue weighted by molar-refractivity contribution is 5.79. The number of aromatic nitrogens is 6. The molecule has 1 saturated carbocycles. The van der Waals surface area contributed by atoms with E-state index in [4.69, 9.17) is 14.2 Å². The summed E-state index contributed by atoms with van der Waals surface area (Å²) in [4.78, 5) is 31.4. The number of benzene rings is 2. The maximum atomic E-state index is 12.8. The van der Waals surface area contributed by atoms with Crippen LogP contribution in [0, 0.1) is 5.92 Å². The van der Waals surface area contributed by atoms with Crippen LogP contribution in [0.15, 0.2) is 72.0 Å². The molecule has 2 aliphatic heterocycles. The van der Waals surface area contributed by atoms with Crippen LogP contribution in [0.2, 0.25) is 0 Å². The molecular formula is C35H44N8O5. The van der Waals surface area contributed by atoms with Crippen LogP contribution in [0.5, 0.6) is 5.75 Å². The van der Waals surface area contributed by atoms with Crippen molar-refractivity contribution in [1.82, 2.24) is 29.3 Å².